The molecule has 4 aromatic rings. The molecule has 2 aromatic heterocycles. The Morgan fingerprint density at radius 1 is 1.09 bits per heavy atom. The molecular weight excluding hydrogens is 418 g/mol. The first-order chi connectivity index (χ1) is 15.6. The van der Waals surface area contributed by atoms with Gasteiger partial charge < -0.3 is 16.0 Å². The lowest BCUT2D eigenvalue weighted by atomic mass is 10.0. The van der Waals surface area contributed by atoms with Crippen LogP contribution in [-0.2, 0) is 0 Å². The van der Waals surface area contributed by atoms with E-state index in [0.717, 1.165) is 57.8 Å². The lowest BCUT2D eigenvalue weighted by Gasteiger charge is -2.29. The summed E-state index contributed by atoms with van der Waals surface area (Å²) in [5.74, 6) is 0.417. The number of piperidine rings is 1. The number of thiazole rings is 1. The third-order valence-electron chi connectivity index (χ3n) is 5.95. The predicted molar refractivity (Wildman–Crippen MR) is 131 cm³/mol. The molecule has 1 aliphatic heterocycles. The molecule has 0 unspecified atom stereocenters. The molecule has 0 atom stereocenters. The fourth-order valence-electron chi connectivity index (χ4n) is 4.05. The van der Waals surface area contributed by atoms with Crippen LogP contribution in [0.2, 0.25) is 0 Å². The van der Waals surface area contributed by atoms with Crippen LogP contribution in [0.25, 0.3) is 31.9 Å². The average molecular weight is 444 g/mol. The number of rotatable bonds is 4. The highest BCUT2D eigenvalue weighted by atomic mass is 32.1. The number of fused-ring (bicyclic) bond motifs is 1. The summed E-state index contributed by atoms with van der Waals surface area (Å²) in [6.07, 6.45) is 3.71. The molecule has 7 heteroatoms. The van der Waals surface area contributed by atoms with E-state index in [1.54, 1.807) is 17.5 Å². The van der Waals surface area contributed by atoms with Crippen molar-refractivity contribution in [3.8, 4) is 21.7 Å². The third kappa shape index (κ3) is 4.22. The van der Waals surface area contributed by atoms with Crippen LogP contribution < -0.4 is 11.1 Å². The zero-order valence-corrected chi connectivity index (χ0v) is 18.7. The van der Waals surface area contributed by atoms with Gasteiger partial charge in [0.2, 0.25) is 0 Å². The van der Waals surface area contributed by atoms with E-state index >= 15 is 0 Å². The van der Waals surface area contributed by atoms with Gasteiger partial charge >= 0.3 is 0 Å². The zero-order chi connectivity index (χ0) is 22.1. The summed E-state index contributed by atoms with van der Waals surface area (Å²) in [4.78, 5) is 24.3. The molecule has 1 saturated heterocycles. The molecule has 2 aromatic carbocycles. The summed E-state index contributed by atoms with van der Waals surface area (Å²) < 4.78 is 1.11. The normalized spacial score (nSPS) is 15.2. The number of nitrogen functional groups attached to an aromatic ring is 1. The predicted octanol–water partition coefficient (Wildman–Crippen LogP) is 4.43. The lowest BCUT2D eigenvalue weighted by molar-refractivity contribution is 0.0917. The van der Waals surface area contributed by atoms with E-state index in [1.807, 2.05) is 48.5 Å². The number of hydrogen-bond donors (Lipinski definition) is 2. The summed E-state index contributed by atoms with van der Waals surface area (Å²) in [6, 6.07) is 17.9. The Hall–Kier alpha value is -3.29. The molecule has 0 bridgehead atoms. The van der Waals surface area contributed by atoms with Crippen molar-refractivity contribution in [3.63, 3.8) is 0 Å². The minimum atomic E-state index is -0.0313. The molecule has 1 fully saturated rings. The van der Waals surface area contributed by atoms with Gasteiger partial charge in [-0.25, -0.2) is 9.97 Å². The fraction of sp³-hybridized carbons (Fsp3) is 0.240. The van der Waals surface area contributed by atoms with Crippen molar-refractivity contribution in [1.82, 2.24) is 20.2 Å². The van der Waals surface area contributed by atoms with Gasteiger partial charge in [-0.05, 0) is 68.9 Å². The molecule has 6 nitrogen and oxygen atoms in total. The summed E-state index contributed by atoms with van der Waals surface area (Å²) >= 11 is 1.60. The van der Waals surface area contributed by atoms with Gasteiger partial charge in [0.25, 0.3) is 5.91 Å². The van der Waals surface area contributed by atoms with Crippen LogP contribution in [0.3, 0.4) is 0 Å². The van der Waals surface area contributed by atoms with Gasteiger partial charge in [0.1, 0.15) is 10.8 Å². The van der Waals surface area contributed by atoms with E-state index in [0.29, 0.717) is 11.4 Å². The Morgan fingerprint density at radius 2 is 1.91 bits per heavy atom. The molecule has 0 aliphatic carbocycles. The smallest absolute Gasteiger partial charge is 0.251 e. The minimum Gasteiger partial charge on any atom is -0.383 e. The summed E-state index contributed by atoms with van der Waals surface area (Å²) in [6.45, 7) is 2.02. The highest BCUT2D eigenvalue weighted by molar-refractivity contribution is 7.21. The molecule has 3 N–H and O–H groups in total. The molecule has 3 heterocycles. The number of nitrogens with one attached hydrogen (secondary N) is 1. The van der Waals surface area contributed by atoms with E-state index in [-0.39, 0.29) is 11.9 Å². The highest BCUT2D eigenvalue weighted by Gasteiger charge is 2.19. The van der Waals surface area contributed by atoms with Crippen molar-refractivity contribution in [2.75, 3.05) is 25.9 Å². The Bertz CT molecular complexity index is 1240. The molecule has 0 spiro atoms. The van der Waals surface area contributed by atoms with E-state index in [1.165, 1.54) is 0 Å². The van der Waals surface area contributed by atoms with Crippen LogP contribution >= 0.6 is 11.3 Å². The quantitative estimate of drug-likeness (QED) is 0.487. The summed E-state index contributed by atoms with van der Waals surface area (Å²) in [5, 5.41) is 4.03. The molecule has 0 saturated carbocycles. The molecule has 162 valence electrons. The number of carbonyl (C=O) groups excluding carboxylic acids is 1. The Labute approximate surface area is 191 Å². The van der Waals surface area contributed by atoms with Gasteiger partial charge in [0, 0.05) is 23.4 Å². The largest absolute Gasteiger partial charge is 0.383 e. The lowest BCUT2D eigenvalue weighted by Crippen LogP contribution is -2.43. The van der Waals surface area contributed by atoms with Gasteiger partial charge in [0.15, 0.2) is 0 Å². The first-order valence-corrected chi connectivity index (χ1v) is 11.6. The Morgan fingerprint density at radius 3 is 2.72 bits per heavy atom. The Balaban J connectivity index is 1.41. The SMILES string of the molecule is CN1CCC(NC(=O)c2cccc(-c3cnc(N)c(-c4nc5ccccc5s4)c3)c2)CC1. The number of hydrogen-bond acceptors (Lipinski definition) is 6. The van der Waals surface area contributed by atoms with Crippen LogP contribution in [-0.4, -0.2) is 47.0 Å². The van der Waals surface area contributed by atoms with Crippen molar-refractivity contribution < 1.29 is 4.79 Å². The minimum absolute atomic E-state index is 0.0313. The fourth-order valence-corrected chi connectivity index (χ4v) is 5.04. The summed E-state index contributed by atoms with van der Waals surface area (Å²) in [5.41, 5.74) is 10.4. The van der Waals surface area contributed by atoms with Crippen molar-refractivity contribution in [2.45, 2.75) is 18.9 Å². The van der Waals surface area contributed by atoms with E-state index < -0.39 is 0 Å². The molecule has 5 rings (SSSR count). The van der Waals surface area contributed by atoms with Crippen molar-refractivity contribution in [3.05, 3.63) is 66.4 Å². The monoisotopic (exact) mass is 443 g/mol. The maximum Gasteiger partial charge on any atom is 0.251 e. The summed E-state index contributed by atoms with van der Waals surface area (Å²) in [7, 11) is 2.12. The van der Waals surface area contributed by atoms with Gasteiger partial charge in [-0.15, -0.1) is 11.3 Å². The molecule has 0 radical (unpaired) electrons. The number of amides is 1. The first kappa shape index (κ1) is 20.6. The number of likely N-dealkylation sites (tertiary alicyclic amines) is 1. The van der Waals surface area contributed by atoms with Crippen molar-refractivity contribution >= 4 is 33.3 Å². The van der Waals surface area contributed by atoms with Crippen molar-refractivity contribution in [1.29, 1.82) is 0 Å². The van der Waals surface area contributed by atoms with Gasteiger partial charge in [-0.1, -0.05) is 24.3 Å². The maximum absolute atomic E-state index is 12.9. The second-order valence-electron chi connectivity index (χ2n) is 8.28. The topological polar surface area (TPSA) is 84.1 Å². The zero-order valence-electron chi connectivity index (χ0n) is 17.9. The van der Waals surface area contributed by atoms with Crippen LogP contribution in [0.4, 0.5) is 5.82 Å². The third-order valence-corrected chi connectivity index (χ3v) is 7.02. The Kier molecular flexibility index (Phi) is 5.59. The number of para-hydroxylation sites is 1. The number of anilines is 1. The van der Waals surface area contributed by atoms with Crippen LogP contribution in [0.5, 0.6) is 0 Å². The molecule has 32 heavy (non-hydrogen) atoms. The average Bonchev–Trinajstić information content (AvgIpc) is 3.25. The van der Waals surface area contributed by atoms with Gasteiger partial charge in [0.05, 0.1) is 15.8 Å². The molecule has 1 amide bonds. The van der Waals surface area contributed by atoms with Crippen LogP contribution in [0.15, 0.2) is 60.8 Å². The first-order valence-electron chi connectivity index (χ1n) is 10.8. The number of carbonyl (C=O) groups is 1. The van der Waals surface area contributed by atoms with Crippen LogP contribution in [0, 0.1) is 0 Å². The molecular formula is C25H25N5OS. The number of benzene rings is 2. The van der Waals surface area contributed by atoms with Gasteiger partial charge in [-0.2, -0.15) is 0 Å². The standard InChI is InChI=1S/C25H25N5OS/c1-30-11-9-19(10-12-30)28-24(31)17-6-4-5-16(13-17)18-14-20(23(26)27-15-18)25-29-21-7-2-3-8-22(21)32-25/h2-8,13-15,19H,9-12H2,1H3,(H2,26,27)(H,28,31). The van der Waals surface area contributed by atoms with Crippen molar-refractivity contribution in [2.24, 2.45) is 0 Å². The second-order valence-corrected chi connectivity index (χ2v) is 9.31. The van der Waals surface area contributed by atoms with E-state index in [4.69, 9.17) is 10.7 Å². The number of nitrogens with two attached hydrogens (primary N) is 1. The van der Waals surface area contributed by atoms with Gasteiger partial charge in [-0.3, -0.25) is 4.79 Å². The number of nitrogens with zero attached hydrogens (tertiary/aromatic N) is 3. The molecule has 1 aliphatic rings. The maximum atomic E-state index is 12.9. The van der Waals surface area contributed by atoms with E-state index in [9.17, 15) is 4.79 Å². The van der Waals surface area contributed by atoms with E-state index in [2.05, 4.69) is 28.3 Å². The highest BCUT2D eigenvalue weighted by Crippen LogP contribution is 2.35. The number of aromatic nitrogens is 2. The number of pyridine rings is 1. The van der Waals surface area contributed by atoms with Crippen LogP contribution in [0.1, 0.15) is 23.2 Å². The second kappa shape index (κ2) is 8.68.